The van der Waals surface area contributed by atoms with E-state index in [0.29, 0.717) is 24.4 Å². The van der Waals surface area contributed by atoms with Crippen molar-refractivity contribution in [2.24, 2.45) is 0 Å². The van der Waals surface area contributed by atoms with Gasteiger partial charge < -0.3 is 9.84 Å². The number of benzene rings is 1. The summed E-state index contributed by atoms with van der Waals surface area (Å²) in [4.78, 5) is 12.5. The standard InChI is InChI=1S/C13H15N3O3/c1-3-16-14-11(12(15-16)13(17)18)9-5-7-10(8-6-9)19-4-2/h5-8H,3-4H2,1-2H3,(H,17,18). The first-order chi connectivity index (χ1) is 9.15. The summed E-state index contributed by atoms with van der Waals surface area (Å²) in [5.41, 5.74) is 1.05. The van der Waals surface area contributed by atoms with E-state index in [-0.39, 0.29) is 5.69 Å². The normalized spacial score (nSPS) is 10.4. The van der Waals surface area contributed by atoms with Crippen LogP contribution in [0.2, 0.25) is 0 Å². The first kappa shape index (κ1) is 13.1. The van der Waals surface area contributed by atoms with Gasteiger partial charge >= 0.3 is 5.97 Å². The van der Waals surface area contributed by atoms with Crippen LogP contribution in [0, 0.1) is 0 Å². The lowest BCUT2D eigenvalue weighted by molar-refractivity contribution is 0.0690. The molecule has 0 spiro atoms. The Kier molecular flexibility index (Phi) is 3.79. The molecule has 0 aliphatic heterocycles. The lowest BCUT2D eigenvalue weighted by Gasteiger charge is -2.03. The zero-order valence-corrected chi connectivity index (χ0v) is 10.8. The van der Waals surface area contributed by atoms with Gasteiger partial charge in [0.25, 0.3) is 0 Å². The van der Waals surface area contributed by atoms with Crippen LogP contribution in [0.4, 0.5) is 0 Å². The number of ether oxygens (including phenoxy) is 1. The summed E-state index contributed by atoms with van der Waals surface area (Å²) in [7, 11) is 0. The molecule has 2 rings (SSSR count). The highest BCUT2D eigenvalue weighted by atomic mass is 16.5. The molecule has 0 saturated carbocycles. The number of aromatic nitrogens is 3. The van der Waals surface area contributed by atoms with Crippen LogP contribution in [0.5, 0.6) is 5.75 Å². The van der Waals surface area contributed by atoms with Gasteiger partial charge in [-0.2, -0.15) is 9.90 Å². The fourth-order valence-electron chi connectivity index (χ4n) is 1.70. The third-order valence-electron chi connectivity index (χ3n) is 2.58. The molecule has 0 aliphatic rings. The van der Waals surface area contributed by atoms with Crippen molar-refractivity contribution in [1.29, 1.82) is 0 Å². The smallest absolute Gasteiger partial charge is 0.358 e. The van der Waals surface area contributed by atoms with E-state index in [2.05, 4.69) is 10.2 Å². The van der Waals surface area contributed by atoms with E-state index >= 15 is 0 Å². The van der Waals surface area contributed by atoms with Crippen LogP contribution < -0.4 is 4.74 Å². The number of carboxylic acids is 1. The Morgan fingerprint density at radius 2 is 1.95 bits per heavy atom. The predicted molar refractivity (Wildman–Crippen MR) is 69.3 cm³/mol. The van der Waals surface area contributed by atoms with E-state index in [4.69, 9.17) is 9.84 Å². The van der Waals surface area contributed by atoms with E-state index in [9.17, 15) is 4.79 Å². The lowest BCUT2D eigenvalue weighted by Crippen LogP contribution is -2.02. The van der Waals surface area contributed by atoms with Gasteiger partial charge in [-0.05, 0) is 38.1 Å². The molecular weight excluding hydrogens is 246 g/mol. The summed E-state index contributed by atoms with van der Waals surface area (Å²) in [5.74, 6) is -0.338. The number of carboxylic acid groups (broad SMARTS) is 1. The second-order valence-electron chi connectivity index (χ2n) is 3.85. The Labute approximate surface area is 110 Å². The molecule has 0 atom stereocenters. The Morgan fingerprint density at radius 3 is 2.47 bits per heavy atom. The van der Waals surface area contributed by atoms with Crippen molar-refractivity contribution in [1.82, 2.24) is 15.0 Å². The topological polar surface area (TPSA) is 77.2 Å². The van der Waals surface area contributed by atoms with Crippen molar-refractivity contribution in [3.63, 3.8) is 0 Å². The van der Waals surface area contributed by atoms with Gasteiger partial charge in [-0.1, -0.05) is 0 Å². The van der Waals surface area contributed by atoms with Crippen molar-refractivity contribution >= 4 is 5.97 Å². The van der Waals surface area contributed by atoms with Crippen molar-refractivity contribution in [2.75, 3.05) is 6.61 Å². The van der Waals surface area contributed by atoms with Crippen LogP contribution in [0.15, 0.2) is 24.3 Å². The SMILES string of the molecule is CCOc1ccc(-c2nn(CC)nc2C(=O)O)cc1. The summed E-state index contributed by atoms with van der Waals surface area (Å²) >= 11 is 0. The molecule has 1 aromatic heterocycles. The summed E-state index contributed by atoms with van der Waals surface area (Å²) in [5, 5.41) is 17.3. The van der Waals surface area contributed by atoms with Crippen molar-refractivity contribution in [2.45, 2.75) is 20.4 Å². The number of aryl methyl sites for hydroxylation is 1. The highest BCUT2D eigenvalue weighted by molar-refractivity contribution is 5.92. The minimum Gasteiger partial charge on any atom is -0.494 e. The van der Waals surface area contributed by atoms with Gasteiger partial charge in [-0.3, -0.25) is 0 Å². The molecule has 100 valence electrons. The van der Waals surface area contributed by atoms with Gasteiger partial charge in [0.1, 0.15) is 11.4 Å². The zero-order chi connectivity index (χ0) is 13.8. The molecule has 6 heteroatoms. The molecule has 0 saturated heterocycles. The van der Waals surface area contributed by atoms with Crippen LogP contribution in [-0.4, -0.2) is 32.7 Å². The van der Waals surface area contributed by atoms with E-state index in [1.54, 1.807) is 24.3 Å². The number of carbonyl (C=O) groups is 1. The van der Waals surface area contributed by atoms with E-state index in [1.165, 1.54) is 4.80 Å². The highest BCUT2D eigenvalue weighted by Gasteiger charge is 2.18. The lowest BCUT2D eigenvalue weighted by atomic mass is 10.1. The quantitative estimate of drug-likeness (QED) is 0.891. The Bertz CT molecular complexity index is 575. The second-order valence-corrected chi connectivity index (χ2v) is 3.85. The number of aromatic carboxylic acids is 1. The molecule has 0 fully saturated rings. The average Bonchev–Trinajstić information content (AvgIpc) is 2.84. The van der Waals surface area contributed by atoms with Crippen LogP contribution in [0.3, 0.4) is 0 Å². The molecule has 0 radical (unpaired) electrons. The van der Waals surface area contributed by atoms with Crippen molar-refractivity contribution < 1.29 is 14.6 Å². The maximum absolute atomic E-state index is 11.2. The average molecular weight is 261 g/mol. The number of rotatable bonds is 5. The number of nitrogens with zero attached hydrogens (tertiary/aromatic N) is 3. The van der Waals surface area contributed by atoms with Gasteiger partial charge in [-0.25, -0.2) is 4.79 Å². The van der Waals surface area contributed by atoms with Crippen LogP contribution in [0.25, 0.3) is 11.3 Å². The van der Waals surface area contributed by atoms with Gasteiger partial charge in [0.2, 0.25) is 0 Å². The van der Waals surface area contributed by atoms with Crippen molar-refractivity contribution in [3.05, 3.63) is 30.0 Å². The Morgan fingerprint density at radius 1 is 1.26 bits per heavy atom. The third-order valence-corrected chi connectivity index (χ3v) is 2.58. The summed E-state index contributed by atoms with van der Waals surface area (Å²) < 4.78 is 5.34. The number of hydrogen-bond acceptors (Lipinski definition) is 4. The molecule has 1 aromatic carbocycles. The molecular formula is C13H15N3O3. The molecule has 2 aromatic rings. The zero-order valence-electron chi connectivity index (χ0n) is 10.8. The summed E-state index contributed by atoms with van der Waals surface area (Å²) in [6.45, 7) is 4.87. The molecule has 1 heterocycles. The van der Waals surface area contributed by atoms with E-state index in [1.807, 2.05) is 13.8 Å². The largest absolute Gasteiger partial charge is 0.494 e. The maximum Gasteiger partial charge on any atom is 0.358 e. The second kappa shape index (κ2) is 5.51. The minimum absolute atomic E-state index is 0.0361. The monoisotopic (exact) mass is 261 g/mol. The minimum atomic E-state index is -1.08. The molecule has 0 aliphatic carbocycles. The first-order valence-electron chi connectivity index (χ1n) is 6.07. The van der Waals surface area contributed by atoms with Crippen LogP contribution in [-0.2, 0) is 6.54 Å². The molecule has 0 amide bonds. The molecule has 1 N–H and O–H groups in total. The molecule has 6 nitrogen and oxygen atoms in total. The third kappa shape index (κ3) is 2.73. The van der Waals surface area contributed by atoms with Gasteiger partial charge in [0.15, 0.2) is 5.69 Å². The Balaban J connectivity index is 2.39. The maximum atomic E-state index is 11.2. The predicted octanol–water partition coefficient (Wildman–Crippen LogP) is 2.06. The fourth-order valence-corrected chi connectivity index (χ4v) is 1.70. The van der Waals surface area contributed by atoms with Crippen LogP contribution in [0.1, 0.15) is 24.3 Å². The summed E-state index contributed by atoms with van der Waals surface area (Å²) in [6.07, 6.45) is 0. The van der Waals surface area contributed by atoms with Crippen LogP contribution >= 0.6 is 0 Å². The molecule has 0 bridgehead atoms. The van der Waals surface area contributed by atoms with Gasteiger partial charge in [0.05, 0.1) is 13.2 Å². The van der Waals surface area contributed by atoms with E-state index < -0.39 is 5.97 Å². The molecule has 0 unspecified atom stereocenters. The van der Waals surface area contributed by atoms with E-state index in [0.717, 1.165) is 5.75 Å². The fraction of sp³-hybridized carbons (Fsp3) is 0.308. The number of hydrogen-bond donors (Lipinski definition) is 1. The first-order valence-corrected chi connectivity index (χ1v) is 6.07. The highest BCUT2D eigenvalue weighted by Crippen LogP contribution is 2.23. The van der Waals surface area contributed by atoms with Crippen molar-refractivity contribution in [3.8, 4) is 17.0 Å². The summed E-state index contributed by atoms with van der Waals surface area (Å²) in [6, 6.07) is 7.13. The van der Waals surface area contributed by atoms with Gasteiger partial charge in [-0.15, -0.1) is 5.10 Å². The van der Waals surface area contributed by atoms with Gasteiger partial charge in [0, 0.05) is 5.56 Å². The molecule has 19 heavy (non-hydrogen) atoms. The Hall–Kier alpha value is -2.37.